The van der Waals surface area contributed by atoms with Crippen molar-refractivity contribution in [1.29, 1.82) is 0 Å². The molecule has 0 radical (unpaired) electrons. The summed E-state index contributed by atoms with van der Waals surface area (Å²) >= 11 is 0. The van der Waals surface area contributed by atoms with E-state index in [1.54, 1.807) is 6.26 Å². The van der Waals surface area contributed by atoms with Gasteiger partial charge in [0.15, 0.2) is 0 Å². The van der Waals surface area contributed by atoms with Gasteiger partial charge >= 0.3 is 0 Å². The van der Waals surface area contributed by atoms with Crippen LogP contribution in [0.3, 0.4) is 0 Å². The maximum absolute atomic E-state index is 5.31. The molecule has 1 aromatic heterocycles. The largest absolute Gasteiger partial charge is 0.468 e. The predicted octanol–water partition coefficient (Wildman–Crippen LogP) is 3.19. The van der Waals surface area contributed by atoms with Gasteiger partial charge < -0.3 is 9.73 Å². The van der Waals surface area contributed by atoms with Gasteiger partial charge in [-0.1, -0.05) is 13.8 Å². The van der Waals surface area contributed by atoms with Crippen LogP contribution in [0.5, 0.6) is 0 Å². The Morgan fingerprint density at radius 2 is 2.20 bits per heavy atom. The first kappa shape index (κ1) is 10.7. The third-order valence-electron chi connectivity index (χ3n) is 3.74. The standard InChI is InChI=1S/C13H21NO/c1-10-5-6-12(8-11(10)2)14-9-13-4-3-7-15-13/h3-4,7,10-12,14H,5-6,8-9H2,1-2H3. The van der Waals surface area contributed by atoms with E-state index in [4.69, 9.17) is 4.42 Å². The highest BCUT2D eigenvalue weighted by atomic mass is 16.3. The number of hydrogen-bond donors (Lipinski definition) is 1. The normalized spacial score (nSPS) is 31.7. The summed E-state index contributed by atoms with van der Waals surface area (Å²) < 4.78 is 5.31. The van der Waals surface area contributed by atoms with Gasteiger partial charge in [-0.25, -0.2) is 0 Å². The lowest BCUT2D eigenvalue weighted by atomic mass is 9.79. The third-order valence-corrected chi connectivity index (χ3v) is 3.74. The fourth-order valence-electron chi connectivity index (χ4n) is 2.39. The molecular formula is C13H21NO. The Morgan fingerprint density at radius 1 is 1.33 bits per heavy atom. The molecule has 1 aliphatic carbocycles. The van der Waals surface area contributed by atoms with Crippen molar-refractivity contribution in [3.63, 3.8) is 0 Å². The van der Waals surface area contributed by atoms with Crippen molar-refractivity contribution in [1.82, 2.24) is 5.32 Å². The summed E-state index contributed by atoms with van der Waals surface area (Å²) in [6, 6.07) is 4.66. The Morgan fingerprint density at radius 3 is 2.87 bits per heavy atom. The van der Waals surface area contributed by atoms with Crippen molar-refractivity contribution < 1.29 is 4.42 Å². The molecule has 1 saturated carbocycles. The van der Waals surface area contributed by atoms with E-state index in [9.17, 15) is 0 Å². The smallest absolute Gasteiger partial charge is 0.117 e. The van der Waals surface area contributed by atoms with Crippen LogP contribution < -0.4 is 5.32 Å². The van der Waals surface area contributed by atoms with Crippen molar-refractivity contribution in [2.24, 2.45) is 11.8 Å². The Bertz CT molecular complexity index is 281. The van der Waals surface area contributed by atoms with Crippen LogP contribution in [-0.4, -0.2) is 6.04 Å². The summed E-state index contributed by atoms with van der Waals surface area (Å²) in [7, 11) is 0. The SMILES string of the molecule is CC1CCC(NCc2ccco2)CC1C. The molecule has 3 atom stereocenters. The molecule has 2 rings (SSSR count). The zero-order valence-electron chi connectivity index (χ0n) is 9.70. The monoisotopic (exact) mass is 207 g/mol. The Kier molecular flexibility index (Phi) is 3.47. The molecule has 15 heavy (non-hydrogen) atoms. The van der Waals surface area contributed by atoms with Gasteiger partial charge in [0.1, 0.15) is 5.76 Å². The van der Waals surface area contributed by atoms with Crippen molar-refractivity contribution >= 4 is 0 Å². The summed E-state index contributed by atoms with van der Waals surface area (Å²) in [4.78, 5) is 0. The molecule has 0 aromatic carbocycles. The minimum absolute atomic E-state index is 0.682. The molecule has 3 unspecified atom stereocenters. The zero-order chi connectivity index (χ0) is 10.7. The molecule has 2 heteroatoms. The van der Waals surface area contributed by atoms with Crippen molar-refractivity contribution in [3.05, 3.63) is 24.2 Å². The number of hydrogen-bond acceptors (Lipinski definition) is 2. The average Bonchev–Trinajstić information content (AvgIpc) is 2.73. The molecule has 84 valence electrons. The van der Waals surface area contributed by atoms with Gasteiger partial charge in [0.05, 0.1) is 12.8 Å². The molecule has 1 aliphatic rings. The second-order valence-corrected chi connectivity index (χ2v) is 4.92. The van der Waals surface area contributed by atoms with Crippen molar-refractivity contribution in [2.75, 3.05) is 0 Å². The van der Waals surface area contributed by atoms with Gasteiger partial charge in [0.25, 0.3) is 0 Å². The quantitative estimate of drug-likeness (QED) is 0.823. The Balaban J connectivity index is 1.76. The second-order valence-electron chi connectivity index (χ2n) is 4.92. The fraction of sp³-hybridized carbons (Fsp3) is 0.692. The maximum atomic E-state index is 5.31. The highest BCUT2D eigenvalue weighted by Gasteiger charge is 2.23. The van der Waals surface area contributed by atoms with E-state index >= 15 is 0 Å². The van der Waals surface area contributed by atoms with Gasteiger partial charge in [-0.3, -0.25) is 0 Å². The van der Waals surface area contributed by atoms with Crippen molar-refractivity contribution in [3.8, 4) is 0 Å². The summed E-state index contributed by atoms with van der Waals surface area (Å²) in [5, 5.41) is 3.58. The van der Waals surface area contributed by atoms with Crippen LogP contribution in [-0.2, 0) is 6.54 Å². The van der Waals surface area contributed by atoms with Crippen LogP contribution in [0.2, 0.25) is 0 Å². The van der Waals surface area contributed by atoms with E-state index < -0.39 is 0 Å². The molecule has 0 amide bonds. The van der Waals surface area contributed by atoms with E-state index in [1.807, 2.05) is 12.1 Å². The summed E-state index contributed by atoms with van der Waals surface area (Å²) in [5.41, 5.74) is 0. The number of rotatable bonds is 3. The lowest BCUT2D eigenvalue weighted by Crippen LogP contribution is -2.35. The topological polar surface area (TPSA) is 25.2 Å². The lowest BCUT2D eigenvalue weighted by molar-refractivity contribution is 0.223. The van der Waals surface area contributed by atoms with Gasteiger partial charge in [0, 0.05) is 6.04 Å². The van der Waals surface area contributed by atoms with E-state index in [2.05, 4.69) is 19.2 Å². The van der Waals surface area contributed by atoms with Gasteiger partial charge in [-0.15, -0.1) is 0 Å². The van der Waals surface area contributed by atoms with Crippen LogP contribution in [0.1, 0.15) is 38.9 Å². The van der Waals surface area contributed by atoms with Crippen LogP contribution in [0, 0.1) is 11.8 Å². The zero-order valence-corrected chi connectivity index (χ0v) is 9.70. The third kappa shape index (κ3) is 2.85. The van der Waals surface area contributed by atoms with Gasteiger partial charge in [-0.05, 0) is 43.2 Å². The first-order valence-corrected chi connectivity index (χ1v) is 6.01. The molecule has 0 saturated heterocycles. The average molecular weight is 207 g/mol. The first-order valence-electron chi connectivity index (χ1n) is 6.01. The van der Waals surface area contributed by atoms with Crippen molar-refractivity contribution in [2.45, 2.75) is 45.7 Å². The molecule has 1 heterocycles. The minimum atomic E-state index is 0.682. The summed E-state index contributed by atoms with van der Waals surface area (Å²) in [6.45, 7) is 5.61. The van der Waals surface area contributed by atoms with Gasteiger partial charge in [0.2, 0.25) is 0 Å². The molecule has 1 fully saturated rings. The molecule has 0 bridgehead atoms. The predicted molar refractivity (Wildman–Crippen MR) is 61.5 cm³/mol. The Labute approximate surface area is 92.1 Å². The molecular weight excluding hydrogens is 186 g/mol. The molecule has 1 N–H and O–H groups in total. The second kappa shape index (κ2) is 4.84. The van der Waals surface area contributed by atoms with Crippen LogP contribution >= 0.6 is 0 Å². The van der Waals surface area contributed by atoms with E-state index in [0.717, 1.165) is 24.1 Å². The van der Waals surface area contributed by atoms with Gasteiger partial charge in [-0.2, -0.15) is 0 Å². The minimum Gasteiger partial charge on any atom is -0.468 e. The molecule has 0 aliphatic heterocycles. The van der Waals surface area contributed by atoms with Crippen LogP contribution in [0.15, 0.2) is 22.8 Å². The van der Waals surface area contributed by atoms with Crippen LogP contribution in [0.25, 0.3) is 0 Å². The van der Waals surface area contributed by atoms with E-state index in [1.165, 1.54) is 19.3 Å². The number of furan rings is 1. The first-order chi connectivity index (χ1) is 7.25. The Hall–Kier alpha value is -0.760. The fourth-order valence-corrected chi connectivity index (χ4v) is 2.39. The highest BCUT2D eigenvalue weighted by molar-refractivity contribution is 4.98. The van der Waals surface area contributed by atoms with E-state index in [0.29, 0.717) is 6.04 Å². The summed E-state index contributed by atoms with van der Waals surface area (Å²) in [5.74, 6) is 2.79. The highest BCUT2D eigenvalue weighted by Crippen LogP contribution is 2.29. The molecule has 0 spiro atoms. The molecule has 1 aromatic rings. The summed E-state index contributed by atoms with van der Waals surface area (Å²) in [6.07, 6.45) is 5.72. The number of nitrogens with one attached hydrogen (secondary N) is 1. The van der Waals surface area contributed by atoms with Crippen LogP contribution in [0.4, 0.5) is 0 Å². The molecule has 2 nitrogen and oxygen atoms in total. The maximum Gasteiger partial charge on any atom is 0.117 e. The lowest BCUT2D eigenvalue weighted by Gasteiger charge is -2.32. The van der Waals surface area contributed by atoms with E-state index in [-0.39, 0.29) is 0 Å².